The maximum absolute atomic E-state index is 12.2. The van der Waals surface area contributed by atoms with E-state index < -0.39 is 18.0 Å². The monoisotopic (exact) mass is 342 g/mol. The number of amides is 1. The van der Waals surface area contributed by atoms with Gasteiger partial charge in [-0.1, -0.05) is 41.9 Å². The number of fused-ring (bicyclic) bond motifs is 1. The van der Waals surface area contributed by atoms with Gasteiger partial charge in [-0.05, 0) is 31.2 Å². The lowest BCUT2D eigenvalue weighted by Gasteiger charge is -2.13. The molecular formula is C18H15ClN2O3. The van der Waals surface area contributed by atoms with Crippen LogP contribution >= 0.6 is 11.6 Å². The largest absolute Gasteiger partial charge is 0.448 e. The van der Waals surface area contributed by atoms with E-state index in [1.165, 1.54) is 6.92 Å². The zero-order valence-corrected chi connectivity index (χ0v) is 13.6. The van der Waals surface area contributed by atoms with Crippen molar-refractivity contribution in [2.75, 3.05) is 5.32 Å². The number of carbonyl (C=O) groups is 2. The number of anilines is 1. The third kappa shape index (κ3) is 3.41. The van der Waals surface area contributed by atoms with Crippen LogP contribution in [-0.2, 0) is 9.53 Å². The van der Waals surface area contributed by atoms with Crippen molar-refractivity contribution in [3.05, 3.63) is 65.3 Å². The number of para-hydroxylation sites is 2. The SMILES string of the molecule is C[C@@H](OC(=O)c1cc2ccccc2[nH]1)C(=O)Nc1ccccc1Cl. The van der Waals surface area contributed by atoms with Crippen LogP contribution in [0.25, 0.3) is 10.9 Å². The highest BCUT2D eigenvalue weighted by molar-refractivity contribution is 6.33. The summed E-state index contributed by atoms with van der Waals surface area (Å²) in [5.74, 6) is -1.04. The van der Waals surface area contributed by atoms with Gasteiger partial charge in [0.2, 0.25) is 0 Å². The summed E-state index contributed by atoms with van der Waals surface area (Å²) < 4.78 is 5.21. The predicted molar refractivity (Wildman–Crippen MR) is 93.3 cm³/mol. The normalized spacial score (nSPS) is 11.9. The third-order valence-corrected chi connectivity index (χ3v) is 3.86. The van der Waals surface area contributed by atoms with Crippen molar-refractivity contribution in [3.63, 3.8) is 0 Å². The number of hydrogen-bond acceptors (Lipinski definition) is 3. The van der Waals surface area contributed by atoms with Crippen molar-refractivity contribution in [3.8, 4) is 0 Å². The average Bonchev–Trinajstić information content (AvgIpc) is 3.01. The van der Waals surface area contributed by atoms with Crippen LogP contribution in [0.1, 0.15) is 17.4 Å². The van der Waals surface area contributed by atoms with Gasteiger partial charge in [-0.25, -0.2) is 4.79 Å². The highest BCUT2D eigenvalue weighted by Crippen LogP contribution is 2.21. The number of carbonyl (C=O) groups excluding carboxylic acids is 2. The second-order valence-electron chi connectivity index (χ2n) is 5.29. The Hall–Kier alpha value is -2.79. The summed E-state index contributed by atoms with van der Waals surface area (Å²) in [7, 11) is 0. The Morgan fingerprint density at radius 2 is 1.83 bits per heavy atom. The van der Waals surface area contributed by atoms with Gasteiger partial charge in [0.15, 0.2) is 6.10 Å². The van der Waals surface area contributed by atoms with E-state index in [1.807, 2.05) is 24.3 Å². The zero-order valence-electron chi connectivity index (χ0n) is 12.9. The minimum Gasteiger partial charge on any atom is -0.448 e. The molecule has 2 N–H and O–H groups in total. The van der Waals surface area contributed by atoms with Gasteiger partial charge >= 0.3 is 5.97 Å². The highest BCUT2D eigenvalue weighted by atomic mass is 35.5. The van der Waals surface area contributed by atoms with Gasteiger partial charge in [0, 0.05) is 10.9 Å². The standard InChI is InChI=1S/C18H15ClN2O3/c1-11(17(22)21-15-9-5-3-7-13(15)19)24-18(23)16-10-12-6-2-4-8-14(12)20-16/h2-11,20H,1H3,(H,21,22)/t11-/m1/s1. The second-order valence-corrected chi connectivity index (χ2v) is 5.69. The van der Waals surface area contributed by atoms with Crippen LogP contribution in [-0.4, -0.2) is 23.0 Å². The Balaban J connectivity index is 1.67. The number of hydrogen-bond donors (Lipinski definition) is 2. The lowest BCUT2D eigenvalue weighted by molar-refractivity contribution is -0.123. The molecular weight excluding hydrogens is 328 g/mol. The number of nitrogens with one attached hydrogen (secondary N) is 2. The molecule has 0 bridgehead atoms. The van der Waals surface area contributed by atoms with Crippen LogP contribution in [0.15, 0.2) is 54.6 Å². The Morgan fingerprint density at radius 1 is 1.12 bits per heavy atom. The molecule has 3 rings (SSSR count). The van der Waals surface area contributed by atoms with Crippen molar-refractivity contribution < 1.29 is 14.3 Å². The first-order valence-corrected chi connectivity index (χ1v) is 7.76. The Morgan fingerprint density at radius 3 is 2.58 bits per heavy atom. The van der Waals surface area contributed by atoms with Crippen LogP contribution < -0.4 is 5.32 Å². The average molecular weight is 343 g/mol. The molecule has 1 amide bonds. The van der Waals surface area contributed by atoms with E-state index in [0.717, 1.165) is 10.9 Å². The molecule has 1 heterocycles. The molecule has 122 valence electrons. The Labute approximate surface area is 143 Å². The molecule has 0 aliphatic carbocycles. The van der Waals surface area contributed by atoms with Crippen molar-refractivity contribution in [2.24, 2.45) is 0 Å². The number of benzene rings is 2. The number of H-pyrrole nitrogens is 1. The van der Waals surface area contributed by atoms with E-state index in [-0.39, 0.29) is 0 Å². The summed E-state index contributed by atoms with van der Waals surface area (Å²) in [6.45, 7) is 1.51. The minimum atomic E-state index is -0.958. The summed E-state index contributed by atoms with van der Waals surface area (Å²) in [5, 5.41) is 3.95. The fourth-order valence-corrected chi connectivity index (χ4v) is 2.44. The van der Waals surface area contributed by atoms with Crippen LogP contribution in [0.4, 0.5) is 5.69 Å². The molecule has 1 atom stereocenters. The topological polar surface area (TPSA) is 71.2 Å². The molecule has 0 aliphatic heterocycles. The Kier molecular flexibility index (Phi) is 4.53. The highest BCUT2D eigenvalue weighted by Gasteiger charge is 2.20. The van der Waals surface area contributed by atoms with Gasteiger partial charge in [-0.2, -0.15) is 0 Å². The van der Waals surface area contributed by atoms with Crippen LogP contribution in [0, 0.1) is 0 Å². The van der Waals surface area contributed by atoms with Gasteiger partial charge in [-0.3, -0.25) is 4.79 Å². The van der Waals surface area contributed by atoms with Crippen molar-refractivity contribution >= 4 is 40.1 Å². The summed E-state index contributed by atoms with van der Waals surface area (Å²) in [5.41, 5.74) is 1.60. The maximum atomic E-state index is 12.2. The lowest BCUT2D eigenvalue weighted by atomic mass is 10.2. The van der Waals surface area contributed by atoms with Gasteiger partial charge in [0.05, 0.1) is 10.7 Å². The molecule has 0 spiro atoms. The quantitative estimate of drug-likeness (QED) is 0.704. The lowest BCUT2D eigenvalue weighted by Crippen LogP contribution is -2.30. The van der Waals surface area contributed by atoms with Gasteiger partial charge in [-0.15, -0.1) is 0 Å². The first-order chi connectivity index (χ1) is 11.5. The number of ether oxygens (including phenoxy) is 1. The first-order valence-electron chi connectivity index (χ1n) is 7.39. The molecule has 0 fully saturated rings. The summed E-state index contributed by atoms with van der Waals surface area (Å²) in [4.78, 5) is 27.3. The fourth-order valence-electron chi connectivity index (χ4n) is 2.26. The molecule has 2 aromatic carbocycles. The number of halogens is 1. The second kappa shape index (κ2) is 6.76. The molecule has 0 saturated carbocycles. The van der Waals surface area contributed by atoms with Crippen molar-refractivity contribution in [1.82, 2.24) is 4.98 Å². The third-order valence-electron chi connectivity index (χ3n) is 3.53. The summed E-state index contributed by atoms with van der Waals surface area (Å²) in [6.07, 6.45) is -0.958. The smallest absolute Gasteiger partial charge is 0.355 e. The van der Waals surface area contributed by atoms with Crippen LogP contribution in [0.3, 0.4) is 0 Å². The molecule has 3 aromatic rings. The summed E-state index contributed by atoms with van der Waals surface area (Å²) in [6, 6.07) is 16.0. The maximum Gasteiger partial charge on any atom is 0.355 e. The number of aromatic nitrogens is 1. The molecule has 5 nitrogen and oxygen atoms in total. The molecule has 0 radical (unpaired) electrons. The molecule has 0 saturated heterocycles. The number of rotatable bonds is 4. The zero-order chi connectivity index (χ0) is 17.1. The summed E-state index contributed by atoms with van der Waals surface area (Å²) >= 11 is 5.99. The van der Waals surface area contributed by atoms with Gasteiger partial charge in [0.25, 0.3) is 5.91 Å². The fraction of sp³-hybridized carbons (Fsp3) is 0.111. The van der Waals surface area contributed by atoms with E-state index in [4.69, 9.17) is 16.3 Å². The Bertz CT molecular complexity index is 871. The van der Waals surface area contributed by atoms with E-state index in [1.54, 1.807) is 30.3 Å². The first kappa shape index (κ1) is 16.1. The van der Waals surface area contributed by atoms with E-state index in [9.17, 15) is 9.59 Å². The number of aromatic amines is 1. The van der Waals surface area contributed by atoms with E-state index in [2.05, 4.69) is 10.3 Å². The van der Waals surface area contributed by atoms with Crippen molar-refractivity contribution in [1.29, 1.82) is 0 Å². The van der Waals surface area contributed by atoms with Crippen LogP contribution in [0.5, 0.6) is 0 Å². The molecule has 0 unspecified atom stereocenters. The molecule has 0 aliphatic rings. The van der Waals surface area contributed by atoms with Gasteiger partial charge in [0.1, 0.15) is 5.69 Å². The minimum absolute atomic E-state index is 0.300. The van der Waals surface area contributed by atoms with Crippen LogP contribution in [0.2, 0.25) is 5.02 Å². The van der Waals surface area contributed by atoms with E-state index in [0.29, 0.717) is 16.4 Å². The van der Waals surface area contributed by atoms with E-state index >= 15 is 0 Å². The van der Waals surface area contributed by atoms with Crippen molar-refractivity contribution in [2.45, 2.75) is 13.0 Å². The predicted octanol–water partition coefficient (Wildman–Crippen LogP) is 4.01. The molecule has 1 aromatic heterocycles. The number of esters is 1. The molecule has 24 heavy (non-hydrogen) atoms. The molecule has 6 heteroatoms. The van der Waals surface area contributed by atoms with Gasteiger partial charge < -0.3 is 15.0 Å².